The van der Waals surface area contributed by atoms with E-state index in [9.17, 15) is 0 Å². The van der Waals surface area contributed by atoms with E-state index in [0.29, 0.717) is 16.7 Å². The van der Waals surface area contributed by atoms with Crippen LogP contribution in [-0.4, -0.2) is 14.8 Å². The summed E-state index contributed by atoms with van der Waals surface area (Å²) in [6.07, 6.45) is 0. The normalized spacial score (nSPS) is 10.5. The monoisotopic (exact) mass is 237 g/mol. The van der Waals surface area contributed by atoms with E-state index in [1.54, 1.807) is 10.7 Å². The van der Waals surface area contributed by atoms with E-state index in [1.807, 2.05) is 26.0 Å². The number of nitrogen functional groups attached to an aromatic ring is 1. The van der Waals surface area contributed by atoms with Crippen molar-refractivity contribution in [3.8, 4) is 5.82 Å². The first kappa shape index (κ1) is 10.9. The molecule has 0 saturated heterocycles. The van der Waals surface area contributed by atoms with Crippen molar-refractivity contribution in [1.82, 2.24) is 14.8 Å². The second-order valence-corrected chi connectivity index (χ2v) is 3.80. The maximum atomic E-state index is 6.07. The third kappa shape index (κ3) is 1.75. The van der Waals surface area contributed by atoms with Crippen molar-refractivity contribution in [1.29, 1.82) is 0 Å². The van der Waals surface area contributed by atoms with Gasteiger partial charge in [0, 0.05) is 0 Å². The first-order valence-electron chi connectivity index (χ1n) is 4.79. The molecule has 2 heterocycles. The molecule has 0 saturated carbocycles. The maximum Gasteiger partial charge on any atom is 0.156 e. The van der Waals surface area contributed by atoms with Gasteiger partial charge in [0.25, 0.3) is 0 Å². The van der Waals surface area contributed by atoms with E-state index in [2.05, 4.69) is 15.5 Å². The molecule has 84 valence electrons. The average molecular weight is 238 g/mol. The van der Waals surface area contributed by atoms with Crippen LogP contribution in [0, 0.1) is 13.8 Å². The highest BCUT2D eigenvalue weighted by atomic mass is 35.5. The van der Waals surface area contributed by atoms with Crippen LogP contribution in [0.3, 0.4) is 0 Å². The highest BCUT2D eigenvalue weighted by molar-refractivity contribution is 6.31. The van der Waals surface area contributed by atoms with Gasteiger partial charge < -0.3 is 5.43 Å². The zero-order chi connectivity index (χ0) is 11.7. The summed E-state index contributed by atoms with van der Waals surface area (Å²) in [6, 6.07) is 5.47. The van der Waals surface area contributed by atoms with Crippen molar-refractivity contribution in [2.24, 2.45) is 5.84 Å². The second-order valence-electron chi connectivity index (χ2n) is 3.42. The molecule has 0 atom stereocenters. The molecule has 5 nitrogen and oxygen atoms in total. The summed E-state index contributed by atoms with van der Waals surface area (Å²) in [4.78, 5) is 4.28. The molecule has 2 rings (SSSR count). The number of aromatic nitrogens is 3. The van der Waals surface area contributed by atoms with Crippen LogP contribution in [0.5, 0.6) is 0 Å². The van der Waals surface area contributed by atoms with Gasteiger partial charge >= 0.3 is 0 Å². The van der Waals surface area contributed by atoms with Crippen molar-refractivity contribution >= 4 is 17.4 Å². The number of aryl methyl sites for hydroxylation is 1. The van der Waals surface area contributed by atoms with Crippen LogP contribution in [0.1, 0.15) is 11.4 Å². The van der Waals surface area contributed by atoms with E-state index >= 15 is 0 Å². The minimum absolute atomic E-state index is 0.584. The lowest BCUT2D eigenvalue weighted by Gasteiger charge is -2.05. The van der Waals surface area contributed by atoms with Gasteiger partial charge in [-0.05, 0) is 26.0 Å². The third-order valence-electron chi connectivity index (χ3n) is 2.30. The highest BCUT2D eigenvalue weighted by Gasteiger charge is 2.11. The van der Waals surface area contributed by atoms with Gasteiger partial charge in [-0.25, -0.2) is 15.5 Å². The Hall–Kier alpha value is -1.59. The Bertz CT molecular complexity index is 520. The Labute approximate surface area is 98.2 Å². The minimum Gasteiger partial charge on any atom is -0.308 e. The predicted molar refractivity (Wildman–Crippen MR) is 63.7 cm³/mol. The van der Waals surface area contributed by atoms with Gasteiger partial charge in [0.05, 0.1) is 16.4 Å². The first-order valence-corrected chi connectivity index (χ1v) is 5.17. The molecule has 3 N–H and O–H groups in total. The molecule has 0 bridgehead atoms. The smallest absolute Gasteiger partial charge is 0.156 e. The van der Waals surface area contributed by atoms with Gasteiger partial charge in [-0.2, -0.15) is 5.10 Å². The van der Waals surface area contributed by atoms with E-state index in [-0.39, 0.29) is 0 Å². The maximum absolute atomic E-state index is 6.07. The molecule has 6 heteroatoms. The number of rotatable bonds is 2. The van der Waals surface area contributed by atoms with Crippen molar-refractivity contribution in [2.75, 3.05) is 5.43 Å². The SMILES string of the molecule is Cc1nn(-c2cccc(NN)n2)c(C)c1Cl. The summed E-state index contributed by atoms with van der Waals surface area (Å²) in [5.41, 5.74) is 4.14. The van der Waals surface area contributed by atoms with E-state index < -0.39 is 0 Å². The zero-order valence-electron chi connectivity index (χ0n) is 9.03. The standard InChI is InChI=1S/C10H12ClN5/c1-6-10(11)7(2)16(15-6)9-5-3-4-8(13-9)14-12/h3-5H,12H2,1-2H3,(H,13,14). The quantitative estimate of drug-likeness (QED) is 0.618. The Balaban J connectivity index is 2.54. The molecule has 0 aliphatic heterocycles. The zero-order valence-corrected chi connectivity index (χ0v) is 9.78. The number of halogens is 1. The Morgan fingerprint density at radius 2 is 2.12 bits per heavy atom. The first-order chi connectivity index (χ1) is 7.63. The molecule has 0 amide bonds. The third-order valence-corrected chi connectivity index (χ3v) is 2.85. The van der Waals surface area contributed by atoms with Gasteiger partial charge in [0.2, 0.25) is 0 Å². The molecule has 2 aromatic heterocycles. The van der Waals surface area contributed by atoms with Crippen LogP contribution in [0.2, 0.25) is 5.02 Å². The molecule has 0 aliphatic rings. The highest BCUT2D eigenvalue weighted by Crippen LogP contribution is 2.21. The van der Waals surface area contributed by atoms with Gasteiger partial charge in [-0.3, -0.25) is 0 Å². The molecule has 16 heavy (non-hydrogen) atoms. The summed E-state index contributed by atoms with van der Waals surface area (Å²) in [6.45, 7) is 3.75. The average Bonchev–Trinajstić information content (AvgIpc) is 2.57. The second kappa shape index (κ2) is 4.11. The predicted octanol–water partition coefficient (Wildman–Crippen LogP) is 1.82. The van der Waals surface area contributed by atoms with Crippen LogP contribution < -0.4 is 11.3 Å². The van der Waals surface area contributed by atoms with Crippen molar-refractivity contribution in [3.63, 3.8) is 0 Å². The Morgan fingerprint density at radius 1 is 1.38 bits per heavy atom. The molecule has 0 spiro atoms. The number of hydrogen-bond donors (Lipinski definition) is 2. The number of pyridine rings is 1. The minimum atomic E-state index is 0.584. The summed E-state index contributed by atoms with van der Waals surface area (Å²) in [7, 11) is 0. The van der Waals surface area contributed by atoms with Crippen molar-refractivity contribution < 1.29 is 0 Å². The lowest BCUT2D eigenvalue weighted by Crippen LogP contribution is -2.10. The number of nitrogens with two attached hydrogens (primary N) is 1. The molecular formula is C10H12ClN5. The van der Waals surface area contributed by atoms with Gasteiger partial charge in [0.15, 0.2) is 5.82 Å². The molecule has 2 aromatic rings. The Morgan fingerprint density at radius 3 is 2.69 bits per heavy atom. The lowest BCUT2D eigenvalue weighted by molar-refractivity contribution is 0.806. The number of nitrogens with one attached hydrogen (secondary N) is 1. The molecule has 0 aromatic carbocycles. The largest absolute Gasteiger partial charge is 0.308 e. The summed E-state index contributed by atoms with van der Waals surface area (Å²) >= 11 is 6.07. The molecule has 0 fully saturated rings. The van der Waals surface area contributed by atoms with E-state index in [4.69, 9.17) is 17.4 Å². The van der Waals surface area contributed by atoms with Gasteiger partial charge in [0.1, 0.15) is 5.82 Å². The fourth-order valence-electron chi connectivity index (χ4n) is 1.47. The summed E-state index contributed by atoms with van der Waals surface area (Å²) in [5.74, 6) is 6.57. The van der Waals surface area contributed by atoms with Crippen LogP contribution >= 0.6 is 11.6 Å². The Kier molecular flexibility index (Phi) is 2.80. The fourth-order valence-corrected chi connectivity index (χ4v) is 1.59. The number of anilines is 1. The molecule has 0 aliphatic carbocycles. The fraction of sp³-hybridized carbons (Fsp3) is 0.200. The summed E-state index contributed by atoms with van der Waals surface area (Å²) in [5, 5.41) is 4.97. The van der Waals surface area contributed by atoms with Crippen LogP contribution in [0.25, 0.3) is 5.82 Å². The van der Waals surface area contributed by atoms with Crippen LogP contribution in [0.15, 0.2) is 18.2 Å². The molecule has 0 radical (unpaired) electrons. The lowest BCUT2D eigenvalue weighted by atomic mass is 10.4. The van der Waals surface area contributed by atoms with Gasteiger partial charge in [-0.1, -0.05) is 17.7 Å². The number of nitrogens with zero attached hydrogens (tertiary/aromatic N) is 3. The number of hydrazine groups is 1. The topological polar surface area (TPSA) is 68.8 Å². The van der Waals surface area contributed by atoms with E-state index in [1.165, 1.54) is 0 Å². The van der Waals surface area contributed by atoms with Crippen LogP contribution in [0.4, 0.5) is 5.82 Å². The summed E-state index contributed by atoms with van der Waals surface area (Å²) < 4.78 is 1.69. The molecule has 0 unspecified atom stereocenters. The van der Waals surface area contributed by atoms with Crippen LogP contribution in [-0.2, 0) is 0 Å². The van der Waals surface area contributed by atoms with Crippen molar-refractivity contribution in [2.45, 2.75) is 13.8 Å². The molecular weight excluding hydrogens is 226 g/mol. The number of hydrogen-bond acceptors (Lipinski definition) is 4. The van der Waals surface area contributed by atoms with Gasteiger partial charge in [-0.15, -0.1) is 0 Å². The van der Waals surface area contributed by atoms with E-state index in [0.717, 1.165) is 11.4 Å². The van der Waals surface area contributed by atoms with Crippen molar-refractivity contribution in [3.05, 3.63) is 34.6 Å².